The van der Waals surface area contributed by atoms with Gasteiger partial charge >= 0.3 is 5.97 Å². The molecule has 1 fully saturated rings. The number of carbonyl (C=O) groups is 2. The first-order valence-corrected chi connectivity index (χ1v) is 11.2. The maximum Gasteiger partial charge on any atom is 0.336 e. The molecular weight excluding hydrogens is 471 g/mol. The predicted octanol–water partition coefficient (Wildman–Crippen LogP) is 3.70. The van der Waals surface area contributed by atoms with Gasteiger partial charge in [-0.2, -0.15) is 4.98 Å². The number of nitrogens with one attached hydrogen (secondary N) is 2. The van der Waals surface area contributed by atoms with Gasteiger partial charge in [-0.15, -0.1) is 6.58 Å². The maximum absolute atomic E-state index is 12.6. The van der Waals surface area contributed by atoms with Crippen LogP contribution in [0.1, 0.15) is 39.4 Å². The van der Waals surface area contributed by atoms with Crippen molar-refractivity contribution in [2.45, 2.75) is 25.8 Å². The Kier molecular flexibility index (Phi) is 8.60. The van der Waals surface area contributed by atoms with Crippen LogP contribution in [0.4, 0.5) is 5.82 Å². The highest BCUT2D eigenvalue weighted by atomic mass is 35.5. The van der Waals surface area contributed by atoms with E-state index in [2.05, 4.69) is 21.9 Å². The highest BCUT2D eigenvalue weighted by Crippen LogP contribution is 2.29. The molecule has 1 aliphatic rings. The number of pyridine rings is 1. The van der Waals surface area contributed by atoms with E-state index in [1.807, 2.05) is 4.90 Å². The number of piperidine rings is 1. The molecule has 0 spiro atoms. The molecular formula is C22H26Cl2N4O5. The Labute approximate surface area is 201 Å². The van der Waals surface area contributed by atoms with Crippen LogP contribution < -0.4 is 15.0 Å². The van der Waals surface area contributed by atoms with Gasteiger partial charge < -0.3 is 29.8 Å². The first-order valence-electron chi connectivity index (χ1n) is 10.5. The van der Waals surface area contributed by atoms with Crippen LogP contribution in [0.3, 0.4) is 0 Å². The molecule has 0 atom stereocenters. The van der Waals surface area contributed by atoms with E-state index in [0.29, 0.717) is 55.7 Å². The maximum atomic E-state index is 12.6. The summed E-state index contributed by atoms with van der Waals surface area (Å²) in [6.07, 6.45) is 2.94. The number of anilines is 1. The van der Waals surface area contributed by atoms with Crippen molar-refractivity contribution in [3.63, 3.8) is 0 Å². The first kappa shape index (κ1) is 24.9. The summed E-state index contributed by atoms with van der Waals surface area (Å²) in [7, 11) is 0. The number of carboxylic acids is 1. The van der Waals surface area contributed by atoms with Crippen LogP contribution >= 0.6 is 23.2 Å². The second-order valence-electron chi connectivity index (χ2n) is 7.56. The van der Waals surface area contributed by atoms with Crippen molar-refractivity contribution in [1.82, 2.24) is 15.3 Å². The summed E-state index contributed by atoms with van der Waals surface area (Å²) in [6, 6.07) is 2.85. The van der Waals surface area contributed by atoms with Crippen molar-refractivity contribution in [2.24, 2.45) is 0 Å². The average molecular weight is 497 g/mol. The molecule has 0 aromatic carbocycles. The van der Waals surface area contributed by atoms with Crippen molar-refractivity contribution < 1.29 is 24.2 Å². The Morgan fingerprint density at radius 2 is 2.03 bits per heavy atom. The minimum absolute atomic E-state index is 0.0624. The topological polar surface area (TPSA) is 117 Å². The Balaban J connectivity index is 1.60. The number of hydrogen-bond acceptors (Lipinski definition) is 6. The van der Waals surface area contributed by atoms with Crippen molar-refractivity contribution in [2.75, 3.05) is 37.8 Å². The fraction of sp³-hybridized carbons (Fsp3) is 0.409. The molecule has 2 aromatic heterocycles. The fourth-order valence-electron chi connectivity index (χ4n) is 3.46. The molecule has 0 saturated carbocycles. The van der Waals surface area contributed by atoms with Crippen molar-refractivity contribution in [3.05, 3.63) is 51.8 Å². The lowest BCUT2D eigenvalue weighted by Crippen LogP contribution is -2.45. The molecule has 178 valence electrons. The molecule has 3 rings (SSSR count). The van der Waals surface area contributed by atoms with Gasteiger partial charge in [-0.25, -0.2) is 4.79 Å². The summed E-state index contributed by atoms with van der Waals surface area (Å²) < 4.78 is 10.8. The number of amides is 1. The molecule has 0 bridgehead atoms. The third-order valence-electron chi connectivity index (χ3n) is 5.18. The molecule has 1 saturated heterocycles. The summed E-state index contributed by atoms with van der Waals surface area (Å²) in [5, 5.41) is 13.0. The second kappa shape index (κ2) is 11.4. The van der Waals surface area contributed by atoms with E-state index in [1.165, 1.54) is 12.1 Å². The summed E-state index contributed by atoms with van der Waals surface area (Å²) in [5.41, 5.74) is 0.971. The number of carboxylic acid groups (broad SMARTS) is 1. The normalized spacial score (nSPS) is 14.2. The van der Waals surface area contributed by atoms with Gasteiger partial charge in [0.1, 0.15) is 18.1 Å². The van der Waals surface area contributed by atoms with Crippen LogP contribution in [0.5, 0.6) is 5.88 Å². The van der Waals surface area contributed by atoms with E-state index >= 15 is 0 Å². The highest BCUT2D eigenvalue weighted by Gasteiger charge is 2.25. The number of ether oxygens (including phenoxy) is 2. The number of carbonyl (C=O) groups excluding carboxylic acids is 1. The van der Waals surface area contributed by atoms with Gasteiger partial charge in [-0.1, -0.05) is 29.3 Å². The molecule has 11 heteroatoms. The highest BCUT2D eigenvalue weighted by molar-refractivity contribution is 6.44. The van der Waals surface area contributed by atoms with E-state index in [9.17, 15) is 14.7 Å². The van der Waals surface area contributed by atoms with Crippen LogP contribution in [0.2, 0.25) is 10.0 Å². The van der Waals surface area contributed by atoms with Gasteiger partial charge in [0.05, 0.1) is 28.8 Å². The smallest absolute Gasteiger partial charge is 0.336 e. The molecule has 2 aromatic rings. The number of H-pyrrole nitrogens is 1. The zero-order chi connectivity index (χ0) is 24.0. The van der Waals surface area contributed by atoms with Crippen LogP contribution in [0.25, 0.3) is 0 Å². The number of aromatic amines is 1. The van der Waals surface area contributed by atoms with Gasteiger partial charge in [-0.3, -0.25) is 4.79 Å². The van der Waals surface area contributed by atoms with Crippen molar-refractivity contribution in [1.29, 1.82) is 0 Å². The van der Waals surface area contributed by atoms with Gasteiger partial charge in [0.2, 0.25) is 5.88 Å². The molecule has 0 radical (unpaired) electrons. The van der Waals surface area contributed by atoms with E-state index in [0.717, 1.165) is 0 Å². The summed E-state index contributed by atoms with van der Waals surface area (Å²) in [6.45, 7) is 7.46. The van der Waals surface area contributed by atoms with Gasteiger partial charge in [0, 0.05) is 30.9 Å². The largest absolute Gasteiger partial charge is 0.478 e. The fourth-order valence-corrected chi connectivity index (χ4v) is 3.88. The summed E-state index contributed by atoms with van der Waals surface area (Å²) in [4.78, 5) is 33.5. The Hall–Kier alpha value is -2.75. The van der Waals surface area contributed by atoms with E-state index in [4.69, 9.17) is 32.7 Å². The van der Waals surface area contributed by atoms with Crippen LogP contribution in [-0.2, 0) is 4.74 Å². The molecule has 9 nitrogen and oxygen atoms in total. The number of aromatic nitrogens is 2. The van der Waals surface area contributed by atoms with E-state index in [-0.39, 0.29) is 40.7 Å². The first-order chi connectivity index (χ1) is 15.8. The van der Waals surface area contributed by atoms with Crippen molar-refractivity contribution >= 4 is 40.9 Å². The molecule has 0 unspecified atom stereocenters. The number of hydrogen-bond donors (Lipinski definition) is 3. The Bertz CT molecular complexity index is 1020. The number of aryl methyl sites for hydroxylation is 1. The van der Waals surface area contributed by atoms with Gasteiger partial charge in [-0.05, 0) is 25.8 Å². The van der Waals surface area contributed by atoms with E-state index < -0.39 is 5.97 Å². The second-order valence-corrected chi connectivity index (χ2v) is 8.31. The number of halogens is 2. The Morgan fingerprint density at radius 3 is 2.64 bits per heavy atom. The summed E-state index contributed by atoms with van der Waals surface area (Å²) >= 11 is 12.2. The molecule has 3 heterocycles. The van der Waals surface area contributed by atoms with Crippen LogP contribution in [0, 0.1) is 6.92 Å². The molecule has 0 aliphatic carbocycles. The zero-order valence-electron chi connectivity index (χ0n) is 18.2. The standard InChI is InChI=1S/C22H26Cl2N4O5/c1-3-8-32-9-10-33-17-12-14(22(30)31)11-16(27-17)28-6-4-15(5-7-28)26-21(29)20-19(24)18(23)13(2)25-20/h3,11-12,15,25H,1,4-10H2,2H3,(H,26,29)(H,30,31). The number of aromatic carboxylic acids is 1. The zero-order valence-corrected chi connectivity index (χ0v) is 19.7. The Morgan fingerprint density at radius 1 is 1.30 bits per heavy atom. The molecule has 33 heavy (non-hydrogen) atoms. The minimum Gasteiger partial charge on any atom is -0.478 e. The lowest BCUT2D eigenvalue weighted by Gasteiger charge is -2.33. The van der Waals surface area contributed by atoms with Crippen LogP contribution in [-0.4, -0.2) is 65.9 Å². The third kappa shape index (κ3) is 6.40. The quantitative estimate of drug-likeness (QED) is 0.339. The van der Waals surface area contributed by atoms with Crippen LogP contribution in [0.15, 0.2) is 24.8 Å². The predicted molar refractivity (Wildman–Crippen MR) is 126 cm³/mol. The number of nitrogens with zero attached hydrogens (tertiary/aromatic N) is 2. The lowest BCUT2D eigenvalue weighted by atomic mass is 10.0. The van der Waals surface area contributed by atoms with Gasteiger partial charge in [0.25, 0.3) is 5.91 Å². The molecule has 3 N–H and O–H groups in total. The molecule has 1 amide bonds. The number of rotatable bonds is 10. The third-order valence-corrected chi connectivity index (χ3v) is 6.13. The van der Waals surface area contributed by atoms with Gasteiger partial charge in [0.15, 0.2) is 0 Å². The minimum atomic E-state index is -1.06. The lowest BCUT2D eigenvalue weighted by molar-refractivity contribution is 0.0695. The molecule has 1 aliphatic heterocycles. The SMILES string of the molecule is C=CCOCCOc1cc(C(=O)O)cc(N2CCC(NC(=O)c3[nH]c(C)c(Cl)c3Cl)CC2)n1. The van der Waals surface area contributed by atoms with E-state index in [1.54, 1.807) is 13.0 Å². The average Bonchev–Trinajstić information content (AvgIpc) is 3.06. The van der Waals surface area contributed by atoms with Crippen molar-refractivity contribution in [3.8, 4) is 5.88 Å². The summed E-state index contributed by atoms with van der Waals surface area (Å²) in [5.74, 6) is -0.646. The monoisotopic (exact) mass is 496 g/mol.